The number of thioether (sulfide) groups is 1. The zero-order chi connectivity index (χ0) is 7.72. The highest BCUT2D eigenvalue weighted by molar-refractivity contribution is 8.01. The van der Waals surface area contributed by atoms with Crippen molar-refractivity contribution < 1.29 is 10.2 Å². The van der Waals surface area contributed by atoms with Crippen LogP contribution in [0.1, 0.15) is 6.92 Å². The molecule has 1 unspecified atom stereocenters. The van der Waals surface area contributed by atoms with Gasteiger partial charge in [-0.25, -0.2) is 0 Å². The van der Waals surface area contributed by atoms with Crippen LogP contribution in [-0.2, 0) is 0 Å². The molecule has 0 aromatic rings. The molecule has 56 valence electrons. The zero-order valence-electron chi connectivity index (χ0n) is 5.90. The van der Waals surface area contributed by atoms with Crippen molar-refractivity contribution >= 4 is 19.6 Å². The van der Waals surface area contributed by atoms with Gasteiger partial charge in [0.25, 0.3) is 0 Å². The SMILES string of the molecule is [B][C@@H]1S[C@H](CO)C(O)[C@@H]1C. The monoisotopic (exact) mass is 158 g/mol. The standard InChI is InChI=1S/C6H11BO2S/c1-3-5(9)4(2-8)10-6(3)7/h3-6,8-9H,2H2,1H3/t3-,4+,5?,6+/m0/s1. The van der Waals surface area contributed by atoms with E-state index in [-0.39, 0.29) is 22.9 Å². The topological polar surface area (TPSA) is 40.5 Å². The summed E-state index contributed by atoms with van der Waals surface area (Å²) in [6.07, 6.45) is -0.440. The van der Waals surface area contributed by atoms with Crippen LogP contribution in [0.15, 0.2) is 0 Å². The molecule has 1 fully saturated rings. The van der Waals surface area contributed by atoms with Crippen LogP contribution < -0.4 is 0 Å². The van der Waals surface area contributed by atoms with Gasteiger partial charge in [-0.15, -0.1) is 0 Å². The van der Waals surface area contributed by atoms with E-state index in [4.69, 9.17) is 13.0 Å². The fraction of sp³-hybridized carbons (Fsp3) is 1.00. The second-order valence-electron chi connectivity index (χ2n) is 2.67. The first kappa shape index (κ1) is 8.43. The molecular weight excluding hydrogens is 147 g/mol. The summed E-state index contributed by atoms with van der Waals surface area (Å²) in [5, 5.41) is 18.0. The summed E-state index contributed by atoms with van der Waals surface area (Å²) in [6, 6.07) is 0. The molecule has 4 heteroatoms. The van der Waals surface area contributed by atoms with Gasteiger partial charge in [-0.3, -0.25) is 0 Å². The quantitative estimate of drug-likeness (QED) is 0.509. The van der Waals surface area contributed by atoms with E-state index in [0.717, 1.165) is 0 Å². The van der Waals surface area contributed by atoms with Crippen molar-refractivity contribution in [2.45, 2.75) is 23.4 Å². The summed E-state index contributed by atoms with van der Waals surface area (Å²) < 4.78 is 0. The van der Waals surface area contributed by atoms with E-state index in [2.05, 4.69) is 0 Å². The third-order valence-electron chi connectivity index (χ3n) is 1.95. The largest absolute Gasteiger partial charge is 0.395 e. The van der Waals surface area contributed by atoms with Crippen LogP contribution >= 0.6 is 11.8 Å². The molecule has 1 rings (SSSR count). The molecule has 0 bridgehead atoms. The van der Waals surface area contributed by atoms with Crippen LogP contribution in [0.4, 0.5) is 0 Å². The van der Waals surface area contributed by atoms with Crippen LogP contribution in [0.5, 0.6) is 0 Å². The number of aliphatic hydroxyl groups excluding tert-OH is 2. The first-order valence-electron chi connectivity index (χ1n) is 3.36. The minimum Gasteiger partial charge on any atom is -0.395 e. The highest BCUT2D eigenvalue weighted by atomic mass is 32.2. The second-order valence-corrected chi connectivity index (χ2v) is 4.09. The number of rotatable bonds is 1. The highest BCUT2D eigenvalue weighted by Crippen LogP contribution is 2.36. The minimum absolute atomic E-state index is 0.0177. The van der Waals surface area contributed by atoms with E-state index in [1.807, 2.05) is 6.92 Å². The van der Waals surface area contributed by atoms with Gasteiger partial charge >= 0.3 is 0 Å². The molecule has 1 aliphatic rings. The van der Waals surface area contributed by atoms with Gasteiger partial charge in [0.2, 0.25) is 0 Å². The Hall–Kier alpha value is 0.335. The molecule has 0 spiro atoms. The van der Waals surface area contributed by atoms with Crippen molar-refractivity contribution in [1.29, 1.82) is 0 Å². The molecule has 1 saturated heterocycles. The van der Waals surface area contributed by atoms with Gasteiger partial charge in [-0.2, -0.15) is 11.8 Å². The van der Waals surface area contributed by atoms with Gasteiger partial charge in [0, 0.05) is 0 Å². The van der Waals surface area contributed by atoms with Crippen LogP contribution in [0.3, 0.4) is 0 Å². The lowest BCUT2D eigenvalue weighted by Crippen LogP contribution is -2.27. The molecular formula is C6H11BO2S. The average Bonchev–Trinajstić information content (AvgIpc) is 2.17. The molecule has 2 nitrogen and oxygen atoms in total. The molecule has 10 heavy (non-hydrogen) atoms. The summed E-state index contributed by atoms with van der Waals surface area (Å²) in [4.78, 5) is 0. The fourth-order valence-electron chi connectivity index (χ4n) is 1.09. The normalized spacial score (nSPS) is 47.9. The Morgan fingerprint density at radius 2 is 2.20 bits per heavy atom. The Bertz CT molecular complexity index is 122. The van der Waals surface area contributed by atoms with Crippen molar-refractivity contribution in [3.63, 3.8) is 0 Å². The molecule has 1 heterocycles. The maximum atomic E-state index is 9.37. The lowest BCUT2D eigenvalue weighted by atomic mass is 9.87. The Morgan fingerprint density at radius 1 is 1.60 bits per heavy atom. The predicted molar refractivity (Wildman–Crippen MR) is 43.2 cm³/mol. The summed E-state index contributed by atoms with van der Waals surface area (Å²) in [5.41, 5.74) is 0. The summed E-state index contributed by atoms with van der Waals surface area (Å²) in [7, 11) is 5.63. The average molecular weight is 158 g/mol. The Kier molecular flexibility index (Phi) is 2.66. The lowest BCUT2D eigenvalue weighted by Gasteiger charge is -2.13. The van der Waals surface area contributed by atoms with Crippen LogP contribution in [0, 0.1) is 5.92 Å². The van der Waals surface area contributed by atoms with Gasteiger partial charge in [-0.1, -0.05) is 6.92 Å². The van der Waals surface area contributed by atoms with Gasteiger partial charge in [0.1, 0.15) is 0 Å². The summed E-state index contributed by atoms with van der Waals surface area (Å²) in [5.74, 6) is 0.0992. The Labute approximate surface area is 66.4 Å². The highest BCUT2D eigenvalue weighted by Gasteiger charge is 2.36. The first-order chi connectivity index (χ1) is 4.66. The van der Waals surface area contributed by atoms with Crippen LogP contribution in [0.2, 0.25) is 0 Å². The third-order valence-corrected chi connectivity index (χ3v) is 3.47. The first-order valence-corrected chi connectivity index (χ1v) is 4.31. The molecule has 2 radical (unpaired) electrons. The third kappa shape index (κ3) is 1.33. The maximum Gasteiger partial charge on any atom is 0.0851 e. The predicted octanol–water partition coefficient (Wildman–Crippen LogP) is -0.414. The number of hydrogen-bond acceptors (Lipinski definition) is 3. The molecule has 2 N–H and O–H groups in total. The Morgan fingerprint density at radius 3 is 2.40 bits per heavy atom. The molecule has 0 aliphatic carbocycles. The van der Waals surface area contributed by atoms with E-state index in [1.54, 1.807) is 0 Å². The molecule has 0 aromatic carbocycles. The van der Waals surface area contributed by atoms with E-state index in [1.165, 1.54) is 11.8 Å². The molecule has 0 saturated carbocycles. The van der Waals surface area contributed by atoms with Gasteiger partial charge in [0.15, 0.2) is 0 Å². The number of aliphatic hydroxyl groups is 2. The van der Waals surface area contributed by atoms with Crippen molar-refractivity contribution in [2.24, 2.45) is 5.92 Å². The molecule has 0 aromatic heterocycles. The minimum atomic E-state index is -0.440. The lowest BCUT2D eigenvalue weighted by molar-refractivity contribution is 0.108. The van der Waals surface area contributed by atoms with E-state index < -0.39 is 6.10 Å². The van der Waals surface area contributed by atoms with Crippen molar-refractivity contribution in [3.05, 3.63) is 0 Å². The van der Waals surface area contributed by atoms with Crippen molar-refractivity contribution in [2.75, 3.05) is 6.61 Å². The van der Waals surface area contributed by atoms with Crippen LogP contribution in [0.25, 0.3) is 0 Å². The fourth-order valence-corrected chi connectivity index (χ4v) is 2.40. The zero-order valence-corrected chi connectivity index (χ0v) is 6.71. The van der Waals surface area contributed by atoms with Crippen molar-refractivity contribution in [1.82, 2.24) is 0 Å². The van der Waals surface area contributed by atoms with Gasteiger partial charge in [0.05, 0.1) is 25.8 Å². The Balaban J connectivity index is 2.53. The molecule has 4 atom stereocenters. The summed E-state index contributed by atoms with van der Waals surface area (Å²) >= 11 is 1.46. The summed E-state index contributed by atoms with van der Waals surface area (Å²) in [6.45, 7) is 1.92. The van der Waals surface area contributed by atoms with E-state index in [9.17, 15) is 5.11 Å². The van der Waals surface area contributed by atoms with Crippen molar-refractivity contribution in [3.8, 4) is 0 Å². The van der Waals surface area contributed by atoms with Crippen LogP contribution in [-0.4, -0.2) is 41.2 Å². The molecule has 0 amide bonds. The van der Waals surface area contributed by atoms with Gasteiger partial charge in [-0.05, 0) is 11.1 Å². The molecule has 1 aliphatic heterocycles. The van der Waals surface area contributed by atoms with Gasteiger partial charge < -0.3 is 10.2 Å². The maximum absolute atomic E-state index is 9.37. The second kappa shape index (κ2) is 3.16. The number of hydrogen-bond donors (Lipinski definition) is 2. The van der Waals surface area contributed by atoms with E-state index in [0.29, 0.717) is 0 Å². The van der Waals surface area contributed by atoms with E-state index >= 15 is 0 Å². The smallest absolute Gasteiger partial charge is 0.0851 e.